The zero-order valence-electron chi connectivity index (χ0n) is 44.7. The van der Waals surface area contributed by atoms with Gasteiger partial charge in [0.05, 0.1) is 52.4 Å². The lowest BCUT2D eigenvalue weighted by atomic mass is 9.94. The van der Waals surface area contributed by atoms with Crippen LogP contribution in [-0.2, 0) is 66.4 Å². The van der Waals surface area contributed by atoms with E-state index in [1.807, 2.05) is 0 Å². The Labute approximate surface area is 471 Å². The van der Waals surface area contributed by atoms with Gasteiger partial charge in [-0.3, -0.25) is 9.59 Å². The van der Waals surface area contributed by atoms with E-state index in [4.69, 9.17) is 56.8 Å². The van der Waals surface area contributed by atoms with Gasteiger partial charge in [0.25, 0.3) is 0 Å². The molecule has 0 unspecified atom stereocenters. The molecule has 0 radical (unpaired) electrons. The van der Waals surface area contributed by atoms with Gasteiger partial charge in [-0.25, -0.2) is 0 Å². The topological polar surface area (TPSA) is 594 Å². The van der Waals surface area contributed by atoms with E-state index in [0.717, 1.165) is 13.8 Å². The third kappa shape index (κ3) is 15.7. The number of carbonyl (C=O) groups excluding carboxylic acids is 2. The number of nitrogens with one attached hydrogen (secondary N) is 2. The van der Waals surface area contributed by atoms with E-state index in [-0.39, 0.29) is 0 Å². The first-order valence-corrected chi connectivity index (χ1v) is 26.4. The Kier molecular flexibility index (Phi) is 25.8. The molecule has 6 saturated heterocycles. The summed E-state index contributed by atoms with van der Waals surface area (Å²) in [7, 11) is 0. The Morgan fingerprint density at radius 2 is 0.831 bits per heavy atom. The number of ether oxygens (including phenoxy) is 12. The Morgan fingerprint density at radius 3 is 1.34 bits per heavy atom. The first-order chi connectivity index (χ1) is 39.2. The van der Waals surface area contributed by atoms with Crippen LogP contribution in [0.5, 0.6) is 0 Å². The molecule has 0 spiro atoms. The third-order valence-corrected chi connectivity index (χ3v) is 14.9. The second-order valence-electron chi connectivity index (χ2n) is 20.8. The van der Waals surface area contributed by atoms with Crippen LogP contribution in [0.25, 0.3) is 0 Å². The second-order valence-corrected chi connectivity index (χ2v) is 20.8. The van der Waals surface area contributed by atoms with Gasteiger partial charge in [0.1, 0.15) is 165 Å². The normalized spacial score (nSPS) is 46.8. The lowest BCUT2D eigenvalue weighted by Gasteiger charge is -2.51. The highest BCUT2D eigenvalue weighted by atomic mass is 16.8. The van der Waals surface area contributed by atoms with E-state index in [9.17, 15) is 117 Å². The van der Waals surface area contributed by atoms with Crippen molar-refractivity contribution in [2.24, 2.45) is 0 Å². The number of hydrogen-bond acceptors (Lipinski definition) is 35. The molecule has 34 atom stereocenters. The summed E-state index contributed by atoms with van der Waals surface area (Å²) in [6, 6.07) is -3.68. The van der Waals surface area contributed by atoms with Crippen LogP contribution in [0.2, 0.25) is 0 Å². The van der Waals surface area contributed by atoms with Gasteiger partial charge in [-0.05, 0) is 6.92 Å². The maximum Gasteiger partial charge on any atom is 0.217 e. The molecule has 0 aliphatic carbocycles. The van der Waals surface area contributed by atoms with Crippen molar-refractivity contribution >= 4 is 11.8 Å². The smallest absolute Gasteiger partial charge is 0.217 e. The fourth-order valence-corrected chi connectivity index (χ4v) is 10.2. The number of aliphatic hydroxyl groups excluding tert-OH is 21. The molecule has 37 nitrogen and oxygen atoms in total. The van der Waals surface area contributed by atoms with E-state index < -0.39 is 267 Å². The first kappa shape index (κ1) is 69.7. The van der Waals surface area contributed by atoms with Gasteiger partial charge in [-0.2, -0.15) is 0 Å². The molecular formula is C46H80N2O35. The van der Waals surface area contributed by atoms with Crippen LogP contribution in [-0.4, -0.2) is 374 Å². The van der Waals surface area contributed by atoms with Crippen molar-refractivity contribution in [3.05, 3.63) is 0 Å². The summed E-state index contributed by atoms with van der Waals surface area (Å²) in [5.74, 6) is -1.80. The van der Waals surface area contributed by atoms with Gasteiger partial charge >= 0.3 is 0 Å². The summed E-state index contributed by atoms with van der Waals surface area (Å²) in [6.07, 6.45) is -63.2. The van der Waals surface area contributed by atoms with Crippen LogP contribution in [0.4, 0.5) is 0 Å². The number of aliphatic hydroxyl groups is 21. The molecule has 484 valence electrons. The number of hydrogen-bond donors (Lipinski definition) is 23. The molecular weight excluding hydrogens is 1140 g/mol. The van der Waals surface area contributed by atoms with E-state index in [2.05, 4.69) is 10.6 Å². The van der Waals surface area contributed by atoms with E-state index in [1.165, 1.54) is 6.92 Å². The first-order valence-electron chi connectivity index (χ1n) is 26.4. The minimum atomic E-state index is -2.39. The Morgan fingerprint density at radius 1 is 0.410 bits per heavy atom. The molecule has 37 heteroatoms. The van der Waals surface area contributed by atoms with Crippen molar-refractivity contribution in [2.45, 2.75) is 229 Å². The molecule has 6 fully saturated rings. The fraction of sp³-hybridized carbons (Fsp3) is 0.957. The average molecular weight is 1220 g/mol. The highest BCUT2D eigenvalue weighted by molar-refractivity contribution is 5.73. The summed E-state index contributed by atoms with van der Waals surface area (Å²) in [4.78, 5) is 25.8. The predicted octanol–water partition coefficient (Wildman–Crippen LogP) is -15.3. The van der Waals surface area contributed by atoms with Gasteiger partial charge in [-0.1, -0.05) is 0 Å². The molecule has 6 aliphatic rings. The van der Waals surface area contributed by atoms with Crippen LogP contribution >= 0.6 is 0 Å². The summed E-state index contributed by atoms with van der Waals surface area (Å²) < 4.78 is 70.2. The molecule has 0 aromatic heterocycles. The minimum absolute atomic E-state index is 0.898. The Hall–Kier alpha value is -2.38. The molecule has 0 bridgehead atoms. The summed E-state index contributed by atoms with van der Waals surface area (Å²) in [5, 5.41) is 229. The standard InChI is InChI=1S/C46H80N2O35/c1-11-23(59)29(65)32(68)43(73-11)82-39-22(48-13(3)56)41(76-19(9-54)38(39)81-45-34(70)31(67)26(62)17(7-52)75-45)72-10-20-27(63)40(35(71)46(78-20)79-36(15(58)5-50)24(60)14(57)4-49)83-42-21(47-12(2)55)28(64)37(18(8-53)77-42)80-44-33(69)30(66)25(61)16(6-51)74-44/h11,14-46,49-54,57-71H,4-10H2,1-3H3,(H,47,55)(H,48,56)/t11-,14-,15+,16+,17+,18+,19+,20+,21+,22+,23+,24+,25-,26-,27-,28+,29+,30-,31-,32-,33+,34+,35+,36+,37+,38+,39+,40-,41+,42-,43-,44-,45-,46-/m0/s1. The van der Waals surface area contributed by atoms with Gasteiger partial charge in [0.2, 0.25) is 11.8 Å². The van der Waals surface area contributed by atoms with E-state index in [0.29, 0.717) is 0 Å². The molecule has 6 aliphatic heterocycles. The minimum Gasteiger partial charge on any atom is -0.394 e. The molecule has 83 heavy (non-hydrogen) atoms. The third-order valence-electron chi connectivity index (χ3n) is 14.9. The van der Waals surface area contributed by atoms with Crippen molar-refractivity contribution < 1.29 is 174 Å². The maximum absolute atomic E-state index is 13.1. The van der Waals surface area contributed by atoms with Crippen LogP contribution in [0.1, 0.15) is 20.8 Å². The highest BCUT2D eigenvalue weighted by Gasteiger charge is 2.58. The van der Waals surface area contributed by atoms with Crippen LogP contribution in [0, 0.1) is 0 Å². The number of carbonyl (C=O) groups is 2. The van der Waals surface area contributed by atoms with Crippen molar-refractivity contribution in [3.63, 3.8) is 0 Å². The molecule has 23 N–H and O–H groups in total. The molecule has 0 aromatic carbocycles. The van der Waals surface area contributed by atoms with Gasteiger partial charge in [0.15, 0.2) is 37.7 Å². The van der Waals surface area contributed by atoms with Crippen molar-refractivity contribution in [3.8, 4) is 0 Å². The quantitative estimate of drug-likeness (QED) is 0.0427. The van der Waals surface area contributed by atoms with Crippen LogP contribution in [0.15, 0.2) is 0 Å². The van der Waals surface area contributed by atoms with Gasteiger partial charge in [0, 0.05) is 13.8 Å². The average Bonchev–Trinajstić information content (AvgIpc) is 2.72. The van der Waals surface area contributed by atoms with E-state index >= 15 is 0 Å². The molecule has 0 saturated carbocycles. The summed E-state index contributed by atoms with van der Waals surface area (Å²) in [5.41, 5.74) is 0. The SMILES string of the molecule is CC(=O)N[C@H]1[C@H](O[C@H]2[C@@H](O)[C@@H](CO[C@@H]3O[C@H](CO)[C@@H](O[C@@H]4O[C@H](CO)[C@H](O)[C@H](O)[C@H]4O)[C@H](O[C@@H]4O[C@@H](C)[C@@H](O)[C@@H](O)[C@@H]4O)[C@H]3NC(C)=O)O[C@@H](O[C@@H]([C@H](O)[C@@H](O)CO)[C@H](O)CO)[C@@H]2O)O[C@H](CO)[C@@H](O[C@@H]2O[C@H](CO)[C@H](O)[C@H](O)[C@H]2O)[C@@H]1O. The number of rotatable bonds is 24. The Balaban J connectivity index is 1.36. The van der Waals surface area contributed by atoms with E-state index in [1.54, 1.807) is 0 Å². The molecule has 2 amide bonds. The lowest BCUT2D eigenvalue weighted by Crippen LogP contribution is -2.70. The van der Waals surface area contributed by atoms with Crippen LogP contribution in [0.3, 0.4) is 0 Å². The largest absolute Gasteiger partial charge is 0.394 e. The maximum atomic E-state index is 13.1. The predicted molar refractivity (Wildman–Crippen MR) is 256 cm³/mol. The van der Waals surface area contributed by atoms with Crippen molar-refractivity contribution in [1.82, 2.24) is 10.6 Å². The number of amides is 2. The van der Waals surface area contributed by atoms with Crippen molar-refractivity contribution in [2.75, 3.05) is 46.2 Å². The zero-order chi connectivity index (χ0) is 61.6. The summed E-state index contributed by atoms with van der Waals surface area (Å²) in [6.45, 7) is -4.22. The zero-order valence-corrected chi connectivity index (χ0v) is 44.7. The second kappa shape index (κ2) is 30.7. The molecule has 0 aromatic rings. The van der Waals surface area contributed by atoms with Gasteiger partial charge in [-0.15, -0.1) is 0 Å². The Bertz CT molecular complexity index is 1990. The lowest BCUT2D eigenvalue weighted by molar-refractivity contribution is -0.382. The molecule has 6 rings (SSSR count). The summed E-state index contributed by atoms with van der Waals surface area (Å²) >= 11 is 0. The van der Waals surface area contributed by atoms with Gasteiger partial charge < -0.3 is 175 Å². The molecule has 6 heterocycles. The van der Waals surface area contributed by atoms with Crippen LogP contribution < -0.4 is 10.6 Å². The highest BCUT2D eigenvalue weighted by Crippen LogP contribution is 2.37. The monoisotopic (exact) mass is 1220 g/mol. The van der Waals surface area contributed by atoms with Crippen molar-refractivity contribution in [1.29, 1.82) is 0 Å². The fourth-order valence-electron chi connectivity index (χ4n) is 10.2.